The van der Waals surface area contributed by atoms with Gasteiger partial charge in [0.25, 0.3) is 17.7 Å². The highest BCUT2D eigenvalue weighted by Gasteiger charge is 2.50. The molecular weight excluding hydrogens is 1490 g/mol. The summed E-state index contributed by atoms with van der Waals surface area (Å²) in [6.45, 7) is 39.1. The van der Waals surface area contributed by atoms with Gasteiger partial charge in [0, 0.05) is 84.2 Å². The van der Waals surface area contributed by atoms with E-state index < -0.39 is 88.9 Å². The Bertz CT molecular complexity index is 3490. The fourth-order valence-electron chi connectivity index (χ4n) is 10.2. The number of rotatable bonds is 43. The molecule has 0 aliphatic carbocycles. The standard InChI is InChI=1S/C24H37N3O7.C16H24N2O6.C15H22N2O6.C12H22O4.C7H14O2.C6H12O2/c1-13(2)8-17(21(29)24(6)12-33-24)25-22(30)16(14(3)4)10-20(28)19(11-32-7)26-23(31)18-9-15(5)34-27-18;1-9(2)11(16(21)23-5)7-14(19)13(8-22-4)17-15(20)12-6-10(3)24-18-12;1-8(2)10(15(20)21)6-13(18)12(7-22-4)16-14(19)11-5-9(3)23-17-11;1-8(2)10(12(14)16-5)6-11(13)9(3)7-15-4;1-5(2)6(3)7(8)9-4;1-4(2)5(3)6(7)8/h9,13-14,16-17,19H,8,10-12H2,1-7H3,(H,25,30)(H,26,31);6,9,11,13H,7-8H2,1-5H3,(H,17,20);5,8,10,12H,6-7H2,1-4H3,(H,16,19)(H,20,21);8-10H,6-7H2,1-5H3;5-6H,1-4H3;4-5H,1-3H3,(H,7,8)/t16-,17-,19-,24+;11-,13-;10-,12-;9-,10-;6-;5-/m000000/s1. The fourth-order valence-corrected chi connectivity index (χ4v) is 10.2. The number of amides is 4. The number of nitrogens with zero attached hydrogens (tertiary/aromatic N) is 3. The minimum atomic E-state index is -1.04. The van der Waals surface area contributed by atoms with E-state index in [1.165, 1.54) is 60.9 Å². The second-order valence-electron chi connectivity index (χ2n) is 30.7. The number of carbonyl (C=O) groups excluding carboxylic acids is 12. The summed E-state index contributed by atoms with van der Waals surface area (Å²) in [5.41, 5.74) is -0.677. The number of nitrogens with one attached hydrogen (secondary N) is 4. The van der Waals surface area contributed by atoms with E-state index in [0.29, 0.717) is 42.8 Å². The van der Waals surface area contributed by atoms with Crippen LogP contribution in [0.3, 0.4) is 0 Å². The van der Waals surface area contributed by atoms with E-state index in [0.717, 1.165) is 0 Å². The van der Waals surface area contributed by atoms with Crippen molar-refractivity contribution >= 4 is 82.4 Å². The lowest BCUT2D eigenvalue weighted by atomic mass is 9.86. The number of aliphatic carboxylic acids is 2. The van der Waals surface area contributed by atoms with Gasteiger partial charge in [-0.25, -0.2) is 0 Å². The first-order chi connectivity index (χ1) is 53.0. The predicted molar refractivity (Wildman–Crippen MR) is 416 cm³/mol. The quantitative estimate of drug-likeness (QED) is 0.0175. The summed E-state index contributed by atoms with van der Waals surface area (Å²) in [5, 5.41) is 38.9. The minimum Gasteiger partial charge on any atom is -0.481 e. The second kappa shape index (κ2) is 54.7. The Morgan fingerprint density at radius 1 is 0.404 bits per heavy atom. The Morgan fingerprint density at radius 2 is 0.711 bits per heavy atom. The van der Waals surface area contributed by atoms with Crippen LogP contribution in [-0.4, -0.2) is 221 Å². The number of methoxy groups -OCH3 is 7. The zero-order valence-corrected chi connectivity index (χ0v) is 72.1. The lowest BCUT2D eigenvalue weighted by Gasteiger charge is -2.27. The third-order valence-electron chi connectivity index (χ3n) is 18.6. The molecule has 0 aromatic carbocycles. The van der Waals surface area contributed by atoms with Crippen molar-refractivity contribution in [2.45, 2.75) is 207 Å². The highest BCUT2D eigenvalue weighted by atomic mass is 16.6. The summed E-state index contributed by atoms with van der Waals surface area (Å²) in [5.74, 6) is -6.78. The molecule has 34 heteroatoms. The number of ketones is 5. The molecule has 12 atom stereocenters. The van der Waals surface area contributed by atoms with Gasteiger partial charge in [0.1, 0.15) is 46.8 Å². The van der Waals surface area contributed by atoms with E-state index >= 15 is 0 Å². The number of carboxylic acid groups (broad SMARTS) is 2. The molecule has 34 nitrogen and oxygen atoms in total. The summed E-state index contributed by atoms with van der Waals surface area (Å²) < 4.78 is 53.8. The molecule has 0 spiro atoms. The van der Waals surface area contributed by atoms with E-state index in [4.69, 9.17) is 51.8 Å². The van der Waals surface area contributed by atoms with Gasteiger partial charge in [-0.1, -0.05) is 133 Å². The molecule has 1 aliphatic heterocycles. The first-order valence-corrected chi connectivity index (χ1v) is 38.0. The summed E-state index contributed by atoms with van der Waals surface area (Å²) in [4.78, 5) is 168. The van der Waals surface area contributed by atoms with Crippen LogP contribution in [0.5, 0.6) is 0 Å². The summed E-state index contributed by atoms with van der Waals surface area (Å²) >= 11 is 0. The molecule has 4 rings (SSSR count). The third-order valence-corrected chi connectivity index (χ3v) is 18.6. The summed E-state index contributed by atoms with van der Waals surface area (Å²) in [7, 11) is 9.84. The van der Waals surface area contributed by atoms with Gasteiger partial charge < -0.3 is 82.9 Å². The van der Waals surface area contributed by atoms with E-state index in [1.54, 1.807) is 62.5 Å². The van der Waals surface area contributed by atoms with Gasteiger partial charge >= 0.3 is 29.8 Å². The van der Waals surface area contributed by atoms with Gasteiger partial charge in [0.15, 0.2) is 40.2 Å². The summed E-state index contributed by atoms with van der Waals surface area (Å²) in [6, 6.07) is 0.892. The molecule has 4 heterocycles. The van der Waals surface area contributed by atoms with Gasteiger partial charge in [0.2, 0.25) is 5.91 Å². The second-order valence-corrected chi connectivity index (χ2v) is 30.7. The molecule has 1 saturated heterocycles. The SMILES string of the molecule is CC(C)[C@H](C)C(=O)O.COC(=O)[C@@H](C)C(C)C.COC[C@H](C)C(=O)C[C@H](C(=O)OC)C(C)C.COC[C@H](NC(=O)c1cc(C)on1)C(=O)C[C@H](C(=O)N[C@@H](CC(C)C)C(=O)[C@@]1(C)CO1)C(C)C.COC[C@H](NC(=O)c1cc(C)on1)C(=O)C[C@H](C(=O)O)C(C)C.COC[C@H](NC(=O)c1cc(C)on1)C(=O)C[C@H](C(=O)OC)C(C)C. The van der Waals surface area contributed by atoms with Crippen LogP contribution in [0, 0.1) is 104 Å². The van der Waals surface area contributed by atoms with E-state index in [1.807, 2.05) is 90.0 Å². The number of hydrogen-bond donors (Lipinski definition) is 6. The van der Waals surface area contributed by atoms with Gasteiger partial charge in [-0.2, -0.15) is 0 Å². The van der Waals surface area contributed by atoms with Crippen LogP contribution in [0.25, 0.3) is 0 Å². The molecule has 0 unspecified atom stereocenters. The molecule has 648 valence electrons. The predicted octanol–water partition coefficient (Wildman–Crippen LogP) is 8.51. The van der Waals surface area contributed by atoms with Crippen molar-refractivity contribution in [3.05, 3.63) is 52.6 Å². The number of esters is 3. The average molecular weight is 1620 g/mol. The molecule has 1 aliphatic rings. The molecule has 1 fully saturated rings. The normalized spacial score (nSPS) is 15.6. The Hall–Kier alpha value is -8.99. The van der Waals surface area contributed by atoms with Crippen LogP contribution in [0.15, 0.2) is 31.8 Å². The molecule has 0 saturated carbocycles. The Kier molecular flexibility index (Phi) is 51.4. The average Bonchev–Trinajstić information content (AvgIpc) is 1.64. The zero-order chi connectivity index (χ0) is 88.4. The number of Topliss-reactive ketones (excluding diaryl/α,β-unsaturated/α-hetero) is 5. The van der Waals surface area contributed by atoms with Gasteiger partial charge in [-0.15, -0.1) is 0 Å². The highest BCUT2D eigenvalue weighted by Crippen LogP contribution is 2.31. The molecule has 3 aromatic heterocycles. The monoisotopic (exact) mass is 1620 g/mol. The molecule has 0 radical (unpaired) electrons. The molecule has 114 heavy (non-hydrogen) atoms. The number of epoxide rings is 1. The number of carbonyl (C=O) groups is 14. The van der Waals surface area contributed by atoms with E-state index in [9.17, 15) is 72.2 Å². The molecule has 6 N–H and O–H groups in total. The van der Waals surface area contributed by atoms with Crippen molar-refractivity contribution in [2.24, 2.45) is 82.9 Å². The van der Waals surface area contributed by atoms with Crippen LogP contribution >= 0.6 is 0 Å². The smallest absolute Gasteiger partial charge is 0.309 e. The summed E-state index contributed by atoms with van der Waals surface area (Å²) in [6.07, 6.45) is 0.359. The van der Waals surface area contributed by atoms with Crippen molar-refractivity contribution in [1.29, 1.82) is 0 Å². The molecule has 0 bridgehead atoms. The maximum atomic E-state index is 13.2. The Morgan fingerprint density at radius 3 is 0.939 bits per heavy atom. The maximum absolute atomic E-state index is 13.2. The number of aryl methyl sites for hydroxylation is 3. The fraction of sp³-hybridized carbons (Fsp3) is 0.713. The van der Waals surface area contributed by atoms with Crippen molar-refractivity contribution in [1.82, 2.24) is 36.7 Å². The third kappa shape index (κ3) is 40.3. The van der Waals surface area contributed by atoms with Crippen molar-refractivity contribution in [3.8, 4) is 0 Å². The number of ether oxygens (including phenoxy) is 8. The van der Waals surface area contributed by atoms with Crippen molar-refractivity contribution < 1.29 is 129 Å². The van der Waals surface area contributed by atoms with Crippen LogP contribution in [-0.2, 0) is 90.6 Å². The van der Waals surface area contributed by atoms with Gasteiger partial charge in [-0.05, 0) is 75.5 Å². The molecule has 3 aromatic rings. The maximum Gasteiger partial charge on any atom is 0.309 e. The van der Waals surface area contributed by atoms with Crippen LogP contribution < -0.4 is 21.3 Å². The number of carboxylic acids is 2. The topological polar surface area (TPSA) is 483 Å². The van der Waals surface area contributed by atoms with Crippen LogP contribution in [0.4, 0.5) is 0 Å². The molecular formula is C80H131N7O27. The first kappa shape index (κ1) is 107. The van der Waals surface area contributed by atoms with Gasteiger partial charge in [-0.3, -0.25) is 67.1 Å². The Labute approximate surface area is 670 Å². The van der Waals surface area contributed by atoms with Crippen molar-refractivity contribution in [2.75, 3.05) is 82.8 Å². The van der Waals surface area contributed by atoms with Gasteiger partial charge in [0.05, 0.1) is 90.0 Å². The number of aromatic nitrogens is 3. The minimum absolute atomic E-state index is 0.00655. The molecule has 4 amide bonds. The highest BCUT2D eigenvalue weighted by molar-refractivity contribution is 6.01. The van der Waals surface area contributed by atoms with Crippen LogP contribution in [0.1, 0.15) is 205 Å². The van der Waals surface area contributed by atoms with Crippen LogP contribution in [0.2, 0.25) is 0 Å². The van der Waals surface area contributed by atoms with E-state index in [-0.39, 0.29) is 163 Å². The lowest BCUT2D eigenvalue weighted by molar-refractivity contribution is -0.149. The van der Waals surface area contributed by atoms with Crippen molar-refractivity contribution in [3.63, 3.8) is 0 Å². The Balaban J connectivity index is 0. The zero-order valence-electron chi connectivity index (χ0n) is 72.1. The van der Waals surface area contributed by atoms with E-state index in [2.05, 4.69) is 41.5 Å². The number of hydrogen-bond acceptors (Lipinski definition) is 28. The lowest BCUT2D eigenvalue weighted by Crippen LogP contribution is -2.50. The first-order valence-electron chi connectivity index (χ1n) is 38.0. The largest absolute Gasteiger partial charge is 0.481 e.